The van der Waals surface area contributed by atoms with Crippen LogP contribution in [0.3, 0.4) is 0 Å². The number of aromatic amines is 1. The van der Waals surface area contributed by atoms with Crippen LogP contribution in [-0.4, -0.2) is 40.6 Å². The van der Waals surface area contributed by atoms with E-state index in [9.17, 15) is 4.79 Å². The number of aromatic nitrogens is 1. The van der Waals surface area contributed by atoms with Gasteiger partial charge in [-0.2, -0.15) is 0 Å². The summed E-state index contributed by atoms with van der Waals surface area (Å²) in [4.78, 5) is 16.8. The third-order valence-corrected chi connectivity index (χ3v) is 3.08. The third kappa shape index (κ3) is 4.23. The van der Waals surface area contributed by atoms with Gasteiger partial charge in [-0.1, -0.05) is 32.0 Å². The van der Waals surface area contributed by atoms with E-state index in [0.717, 1.165) is 19.3 Å². The largest absolute Gasteiger partial charge is 0.395 e. The van der Waals surface area contributed by atoms with E-state index >= 15 is 0 Å². The zero-order valence-electron chi connectivity index (χ0n) is 10.7. The zero-order valence-corrected chi connectivity index (χ0v) is 11.5. The van der Waals surface area contributed by atoms with Crippen LogP contribution in [0.2, 0.25) is 0 Å². The molecule has 0 saturated heterocycles. The number of unbranched alkanes of at least 4 members (excludes halogenated alkanes) is 2. The Bertz CT molecular complexity index is 431. The number of carbonyl (C=O) groups is 1. The fourth-order valence-electron chi connectivity index (χ4n) is 1.75. The van der Waals surface area contributed by atoms with Crippen LogP contribution >= 0.6 is 12.2 Å². The van der Waals surface area contributed by atoms with Crippen LogP contribution in [0.4, 0.5) is 0 Å². The first-order valence-corrected chi connectivity index (χ1v) is 6.69. The number of pyridine rings is 1. The summed E-state index contributed by atoms with van der Waals surface area (Å²) >= 11 is 5.10. The predicted molar refractivity (Wildman–Crippen MR) is 74.1 cm³/mol. The summed E-state index contributed by atoms with van der Waals surface area (Å²) in [6, 6.07) is 3.47. The Hall–Kier alpha value is -1.20. The summed E-state index contributed by atoms with van der Waals surface area (Å²) in [6.07, 6.45) is 4.83. The van der Waals surface area contributed by atoms with Gasteiger partial charge in [0, 0.05) is 19.3 Å². The summed E-state index contributed by atoms with van der Waals surface area (Å²) in [6.45, 7) is 3.11. The molecular weight excluding hydrogens is 248 g/mol. The molecule has 0 aliphatic rings. The van der Waals surface area contributed by atoms with E-state index in [4.69, 9.17) is 17.3 Å². The maximum Gasteiger partial charge on any atom is 0.256 e. The van der Waals surface area contributed by atoms with Gasteiger partial charge in [0.15, 0.2) is 0 Å². The minimum Gasteiger partial charge on any atom is -0.395 e. The van der Waals surface area contributed by atoms with Crippen molar-refractivity contribution in [3.05, 3.63) is 28.5 Å². The molecule has 0 fully saturated rings. The fourth-order valence-corrected chi connectivity index (χ4v) is 1.97. The first-order chi connectivity index (χ1) is 8.70. The Labute approximate surface area is 113 Å². The highest BCUT2D eigenvalue weighted by Gasteiger charge is 2.15. The molecule has 0 aliphatic carbocycles. The van der Waals surface area contributed by atoms with Crippen LogP contribution in [-0.2, 0) is 0 Å². The smallest absolute Gasteiger partial charge is 0.256 e. The molecule has 5 heteroatoms. The second-order valence-electron chi connectivity index (χ2n) is 4.14. The van der Waals surface area contributed by atoms with Crippen molar-refractivity contribution in [3.8, 4) is 0 Å². The molecule has 18 heavy (non-hydrogen) atoms. The number of rotatable bonds is 7. The number of carbonyl (C=O) groups excluding carboxylic acids is 1. The molecule has 0 radical (unpaired) electrons. The third-order valence-electron chi connectivity index (χ3n) is 2.74. The van der Waals surface area contributed by atoms with Gasteiger partial charge in [-0.25, -0.2) is 0 Å². The monoisotopic (exact) mass is 268 g/mol. The second-order valence-corrected chi connectivity index (χ2v) is 4.54. The minimum absolute atomic E-state index is 0.0266. The lowest BCUT2D eigenvalue weighted by Crippen LogP contribution is -2.34. The number of H-pyrrole nitrogens is 1. The molecule has 1 aromatic heterocycles. The summed E-state index contributed by atoms with van der Waals surface area (Å²) in [5.74, 6) is -0.109. The Kier molecular flexibility index (Phi) is 6.60. The predicted octanol–water partition coefficient (Wildman–Crippen LogP) is 2.37. The summed E-state index contributed by atoms with van der Waals surface area (Å²) in [5.41, 5.74) is 0.498. The molecule has 0 bridgehead atoms. The van der Waals surface area contributed by atoms with E-state index in [0.29, 0.717) is 23.3 Å². The maximum absolute atomic E-state index is 12.3. The van der Waals surface area contributed by atoms with Crippen molar-refractivity contribution < 1.29 is 9.90 Å². The van der Waals surface area contributed by atoms with Crippen molar-refractivity contribution in [1.29, 1.82) is 0 Å². The summed E-state index contributed by atoms with van der Waals surface area (Å²) < 4.78 is 0.445. The van der Waals surface area contributed by atoms with Gasteiger partial charge in [-0.15, -0.1) is 0 Å². The average Bonchev–Trinajstić information content (AvgIpc) is 2.38. The average molecular weight is 268 g/mol. The SMILES string of the molecule is CCCCCN(CCO)C(=O)c1ccc[nH]c1=S. The summed E-state index contributed by atoms with van der Waals surface area (Å²) in [5, 5.41) is 9.03. The fraction of sp³-hybridized carbons (Fsp3) is 0.538. The van der Waals surface area contributed by atoms with Crippen LogP contribution in [0.1, 0.15) is 36.5 Å². The molecule has 0 spiro atoms. The highest BCUT2D eigenvalue weighted by molar-refractivity contribution is 7.71. The molecule has 1 heterocycles. The zero-order chi connectivity index (χ0) is 13.4. The van der Waals surface area contributed by atoms with Gasteiger partial charge in [-0.3, -0.25) is 4.79 Å². The highest BCUT2D eigenvalue weighted by atomic mass is 32.1. The summed E-state index contributed by atoms with van der Waals surface area (Å²) in [7, 11) is 0. The lowest BCUT2D eigenvalue weighted by molar-refractivity contribution is 0.0717. The van der Waals surface area contributed by atoms with Crippen LogP contribution < -0.4 is 0 Å². The Morgan fingerprint density at radius 1 is 1.44 bits per heavy atom. The van der Waals surface area contributed by atoms with Crippen molar-refractivity contribution in [1.82, 2.24) is 9.88 Å². The van der Waals surface area contributed by atoms with E-state index < -0.39 is 0 Å². The molecule has 1 amide bonds. The first-order valence-electron chi connectivity index (χ1n) is 6.28. The van der Waals surface area contributed by atoms with Crippen molar-refractivity contribution >= 4 is 18.1 Å². The highest BCUT2D eigenvalue weighted by Crippen LogP contribution is 2.07. The van der Waals surface area contributed by atoms with E-state index in [1.54, 1.807) is 23.2 Å². The number of hydrogen-bond acceptors (Lipinski definition) is 3. The van der Waals surface area contributed by atoms with Gasteiger partial charge < -0.3 is 15.0 Å². The molecule has 4 nitrogen and oxygen atoms in total. The normalized spacial score (nSPS) is 10.3. The van der Waals surface area contributed by atoms with Gasteiger partial charge in [0.05, 0.1) is 12.2 Å². The van der Waals surface area contributed by atoms with E-state index in [1.165, 1.54) is 0 Å². The van der Waals surface area contributed by atoms with Crippen molar-refractivity contribution in [2.45, 2.75) is 26.2 Å². The van der Waals surface area contributed by atoms with Crippen LogP contribution in [0.5, 0.6) is 0 Å². The number of nitrogens with zero attached hydrogens (tertiary/aromatic N) is 1. The van der Waals surface area contributed by atoms with E-state index in [2.05, 4.69) is 11.9 Å². The molecular formula is C13H20N2O2S. The number of aliphatic hydroxyl groups is 1. The van der Waals surface area contributed by atoms with Gasteiger partial charge >= 0.3 is 0 Å². The van der Waals surface area contributed by atoms with Crippen LogP contribution in [0, 0.1) is 4.64 Å². The molecule has 1 aromatic rings. The van der Waals surface area contributed by atoms with Gasteiger partial charge in [0.2, 0.25) is 0 Å². The van der Waals surface area contributed by atoms with Crippen molar-refractivity contribution in [2.24, 2.45) is 0 Å². The Morgan fingerprint density at radius 3 is 2.83 bits per heavy atom. The molecule has 2 N–H and O–H groups in total. The molecule has 0 saturated carbocycles. The maximum atomic E-state index is 12.3. The molecule has 0 atom stereocenters. The molecule has 100 valence electrons. The van der Waals surface area contributed by atoms with Crippen LogP contribution in [0.15, 0.2) is 18.3 Å². The number of hydrogen-bond donors (Lipinski definition) is 2. The number of aliphatic hydroxyl groups excluding tert-OH is 1. The number of amides is 1. The first kappa shape index (κ1) is 14.9. The molecule has 0 aromatic carbocycles. The molecule has 0 aliphatic heterocycles. The Balaban J connectivity index is 2.76. The second kappa shape index (κ2) is 8.00. The van der Waals surface area contributed by atoms with Gasteiger partial charge in [0.25, 0.3) is 5.91 Å². The number of nitrogens with one attached hydrogen (secondary N) is 1. The quantitative estimate of drug-likeness (QED) is 0.589. The minimum atomic E-state index is -0.109. The Morgan fingerprint density at radius 2 is 2.22 bits per heavy atom. The molecule has 1 rings (SSSR count). The van der Waals surface area contributed by atoms with Crippen molar-refractivity contribution in [3.63, 3.8) is 0 Å². The molecule has 0 unspecified atom stereocenters. The standard InChI is InChI=1S/C13H20N2O2S/c1-2-3-4-8-15(9-10-16)13(17)11-6-5-7-14-12(11)18/h5-7,16H,2-4,8-10H2,1H3,(H,14,18). The van der Waals surface area contributed by atoms with E-state index in [-0.39, 0.29) is 12.5 Å². The van der Waals surface area contributed by atoms with Gasteiger partial charge in [0.1, 0.15) is 4.64 Å². The van der Waals surface area contributed by atoms with Crippen molar-refractivity contribution in [2.75, 3.05) is 19.7 Å². The van der Waals surface area contributed by atoms with E-state index in [1.807, 2.05) is 0 Å². The van der Waals surface area contributed by atoms with Crippen LogP contribution in [0.25, 0.3) is 0 Å². The lowest BCUT2D eigenvalue weighted by Gasteiger charge is -2.21. The lowest BCUT2D eigenvalue weighted by atomic mass is 10.2. The topological polar surface area (TPSA) is 56.3 Å². The van der Waals surface area contributed by atoms with Gasteiger partial charge in [-0.05, 0) is 18.6 Å².